The van der Waals surface area contributed by atoms with Crippen LogP contribution in [0.25, 0.3) is 0 Å². The van der Waals surface area contributed by atoms with E-state index < -0.39 is 0 Å². The first kappa shape index (κ1) is 16.0. The van der Waals surface area contributed by atoms with Gasteiger partial charge in [-0.1, -0.05) is 50.7 Å². The van der Waals surface area contributed by atoms with Gasteiger partial charge < -0.3 is 5.11 Å². The maximum absolute atomic E-state index is 8.66. The van der Waals surface area contributed by atoms with Gasteiger partial charge in [0.2, 0.25) is 0 Å². The van der Waals surface area contributed by atoms with Gasteiger partial charge >= 0.3 is 0 Å². The van der Waals surface area contributed by atoms with Crippen LogP contribution < -0.4 is 0 Å². The highest BCUT2D eigenvalue weighted by molar-refractivity contribution is 14.1. The SMILES string of the molecule is OCCCCCCCCCCc1ccc(I)cc1. The van der Waals surface area contributed by atoms with Gasteiger partial charge in [-0.15, -0.1) is 0 Å². The highest BCUT2D eigenvalue weighted by Gasteiger charge is 1.95. The van der Waals surface area contributed by atoms with E-state index in [1.165, 1.54) is 60.5 Å². The van der Waals surface area contributed by atoms with Crippen LogP contribution in [0, 0.1) is 3.57 Å². The summed E-state index contributed by atoms with van der Waals surface area (Å²) in [6, 6.07) is 8.88. The van der Waals surface area contributed by atoms with Crippen molar-refractivity contribution in [1.82, 2.24) is 0 Å². The summed E-state index contributed by atoms with van der Waals surface area (Å²) in [5.41, 5.74) is 1.47. The van der Waals surface area contributed by atoms with E-state index in [2.05, 4.69) is 46.9 Å². The van der Waals surface area contributed by atoms with Gasteiger partial charge in [-0.2, -0.15) is 0 Å². The van der Waals surface area contributed by atoms with Crippen molar-refractivity contribution in [2.24, 2.45) is 0 Å². The lowest BCUT2D eigenvalue weighted by atomic mass is 10.0. The maximum Gasteiger partial charge on any atom is 0.0431 e. The number of hydrogen-bond acceptors (Lipinski definition) is 1. The van der Waals surface area contributed by atoms with Gasteiger partial charge in [-0.05, 0) is 59.5 Å². The summed E-state index contributed by atoms with van der Waals surface area (Å²) in [6.45, 7) is 0.357. The first-order chi connectivity index (χ1) is 8.83. The lowest BCUT2D eigenvalue weighted by Crippen LogP contribution is -1.87. The van der Waals surface area contributed by atoms with Gasteiger partial charge in [0.05, 0.1) is 0 Å². The molecule has 0 aromatic heterocycles. The maximum atomic E-state index is 8.66. The molecule has 0 heterocycles. The molecule has 1 nitrogen and oxygen atoms in total. The van der Waals surface area contributed by atoms with E-state index in [0.717, 1.165) is 6.42 Å². The van der Waals surface area contributed by atoms with Crippen LogP contribution in [0.4, 0.5) is 0 Å². The van der Waals surface area contributed by atoms with Crippen molar-refractivity contribution in [1.29, 1.82) is 0 Å². The standard InChI is InChI=1S/C16H25IO/c17-16-12-10-15(11-13-16)9-7-5-3-1-2-4-6-8-14-18/h10-13,18H,1-9,14H2. The molecule has 0 fully saturated rings. The number of aliphatic hydroxyl groups excluding tert-OH is 1. The number of aliphatic hydroxyl groups is 1. The second-order valence-corrected chi connectivity index (χ2v) is 6.17. The quantitative estimate of drug-likeness (QED) is 0.463. The zero-order valence-corrected chi connectivity index (χ0v) is 13.4. The van der Waals surface area contributed by atoms with Gasteiger partial charge in [0, 0.05) is 10.2 Å². The van der Waals surface area contributed by atoms with Gasteiger partial charge in [-0.3, -0.25) is 0 Å². The highest BCUT2D eigenvalue weighted by Crippen LogP contribution is 2.12. The topological polar surface area (TPSA) is 20.2 Å². The fraction of sp³-hybridized carbons (Fsp3) is 0.625. The molecule has 0 spiro atoms. The van der Waals surface area contributed by atoms with Gasteiger partial charge in [0.25, 0.3) is 0 Å². The zero-order chi connectivity index (χ0) is 13.1. The molecule has 0 saturated carbocycles. The molecule has 1 rings (SSSR count). The number of hydrogen-bond donors (Lipinski definition) is 1. The van der Waals surface area contributed by atoms with E-state index >= 15 is 0 Å². The molecule has 0 aliphatic heterocycles. The number of rotatable bonds is 10. The second kappa shape index (κ2) is 10.8. The first-order valence-electron chi connectivity index (χ1n) is 7.18. The highest BCUT2D eigenvalue weighted by atomic mass is 127. The molecule has 0 aliphatic carbocycles. The van der Waals surface area contributed by atoms with Crippen LogP contribution in [0.3, 0.4) is 0 Å². The van der Waals surface area contributed by atoms with Crippen LogP contribution in [0.2, 0.25) is 0 Å². The number of aryl methyl sites for hydroxylation is 1. The third-order valence-electron chi connectivity index (χ3n) is 3.29. The van der Waals surface area contributed by atoms with Crippen molar-refractivity contribution in [2.75, 3.05) is 6.61 Å². The van der Waals surface area contributed by atoms with Crippen molar-refractivity contribution < 1.29 is 5.11 Å². The molecular formula is C16H25IO. The minimum absolute atomic E-state index is 0.357. The Morgan fingerprint density at radius 3 is 1.78 bits per heavy atom. The molecule has 18 heavy (non-hydrogen) atoms. The molecule has 1 N–H and O–H groups in total. The molecule has 102 valence electrons. The zero-order valence-electron chi connectivity index (χ0n) is 11.2. The summed E-state index contributed by atoms with van der Waals surface area (Å²) in [6.07, 6.45) is 11.4. The molecule has 1 aromatic carbocycles. The van der Waals surface area contributed by atoms with E-state index in [4.69, 9.17) is 5.11 Å². The van der Waals surface area contributed by atoms with Crippen LogP contribution in [0.1, 0.15) is 56.9 Å². The molecule has 0 bridgehead atoms. The van der Waals surface area contributed by atoms with Crippen molar-refractivity contribution in [2.45, 2.75) is 57.8 Å². The van der Waals surface area contributed by atoms with Crippen LogP contribution in [-0.2, 0) is 6.42 Å². The Hall–Kier alpha value is -0.0900. The fourth-order valence-corrected chi connectivity index (χ4v) is 2.51. The monoisotopic (exact) mass is 360 g/mol. The molecule has 0 radical (unpaired) electrons. The predicted octanol–water partition coefficient (Wildman–Crippen LogP) is 4.95. The van der Waals surface area contributed by atoms with Crippen molar-refractivity contribution in [3.05, 3.63) is 33.4 Å². The second-order valence-electron chi connectivity index (χ2n) is 4.93. The molecule has 0 saturated heterocycles. The third kappa shape index (κ3) is 8.09. The van der Waals surface area contributed by atoms with Gasteiger partial charge in [-0.25, -0.2) is 0 Å². The average Bonchev–Trinajstić information content (AvgIpc) is 2.39. The molecule has 0 atom stereocenters. The van der Waals surface area contributed by atoms with Crippen molar-refractivity contribution >= 4 is 22.6 Å². The summed E-state index contributed by atoms with van der Waals surface area (Å²) < 4.78 is 1.32. The lowest BCUT2D eigenvalue weighted by Gasteiger charge is -2.03. The fourth-order valence-electron chi connectivity index (χ4n) is 2.15. The molecule has 1 aromatic rings. The van der Waals surface area contributed by atoms with E-state index in [1.54, 1.807) is 0 Å². The smallest absolute Gasteiger partial charge is 0.0431 e. The Morgan fingerprint density at radius 1 is 0.722 bits per heavy atom. The third-order valence-corrected chi connectivity index (χ3v) is 4.01. The minimum atomic E-state index is 0.357. The number of unbranched alkanes of at least 4 members (excludes halogenated alkanes) is 7. The van der Waals surface area contributed by atoms with Crippen LogP contribution in [0.15, 0.2) is 24.3 Å². The van der Waals surface area contributed by atoms with Gasteiger partial charge in [0.15, 0.2) is 0 Å². The van der Waals surface area contributed by atoms with Crippen LogP contribution >= 0.6 is 22.6 Å². The average molecular weight is 360 g/mol. The van der Waals surface area contributed by atoms with Crippen LogP contribution in [-0.4, -0.2) is 11.7 Å². The number of benzene rings is 1. The summed E-state index contributed by atoms with van der Waals surface area (Å²) in [5.74, 6) is 0. The van der Waals surface area contributed by atoms with Crippen molar-refractivity contribution in [3.63, 3.8) is 0 Å². The van der Waals surface area contributed by atoms with E-state index in [-0.39, 0.29) is 0 Å². The Balaban J connectivity index is 1.91. The first-order valence-corrected chi connectivity index (χ1v) is 8.26. The normalized spacial score (nSPS) is 10.8. The van der Waals surface area contributed by atoms with E-state index in [9.17, 15) is 0 Å². The molecule has 0 unspecified atom stereocenters. The Labute approximate surface area is 125 Å². The Morgan fingerprint density at radius 2 is 1.22 bits per heavy atom. The largest absolute Gasteiger partial charge is 0.396 e. The Bertz CT molecular complexity index is 294. The lowest BCUT2D eigenvalue weighted by molar-refractivity contribution is 0.282. The summed E-state index contributed by atoms with van der Waals surface area (Å²) in [5, 5.41) is 8.66. The summed E-state index contributed by atoms with van der Waals surface area (Å²) in [4.78, 5) is 0. The Kier molecular flexibility index (Phi) is 9.58. The predicted molar refractivity (Wildman–Crippen MR) is 86.9 cm³/mol. The van der Waals surface area contributed by atoms with E-state index in [1.807, 2.05) is 0 Å². The summed E-state index contributed by atoms with van der Waals surface area (Å²) >= 11 is 2.35. The molecular weight excluding hydrogens is 335 g/mol. The number of halogens is 1. The minimum Gasteiger partial charge on any atom is -0.396 e. The molecule has 0 amide bonds. The summed E-state index contributed by atoms with van der Waals surface area (Å²) in [7, 11) is 0. The van der Waals surface area contributed by atoms with Crippen molar-refractivity contribution in [3.8, 4) is 0 Å². The van der Waals surface area contributed by atoms with E-state index in [0.29, 0.717) is 6.61 Å². The molecule has 2 heteroatoms. The molecule has 0 aliphatic rings. The van der Waals surface area contributed by atoms with Crippen LogP contribution in [0.5, 0.6) is 0 Å². The van der Waals surface area contributed by atoms with Gasteiger partial charge in [0.1, 0.15) is 0 Å².